The first kappa shape index (κ1) is 15.7. The molecule has 3 N–H and O–H groups in total. The topological polar surface area (TPSA) is 92.9 Å². The highest BCUT2D eigenvalue weighted by Gasteiger charge is 2.45. The Balaban J connectivity index is 1.71. The van der Waals surface area contributed by atoms with E-state index >= 15 is 0 Å². The van der Waals surface area contributed by atoms with Gasteiger partial charge in [0.2, 0.25) is 5.91 Å². The van der Waals surface area contributed by atoms with Gasteiger partial charge in [0.25, 0.3) is 0 Å². The second-order valence-corrected chi connectivity index (χ2v) is 7.33. The number of ether oxygens (including phenoxy) is 1. The van der Waals surface area contributed by atoms with Crippen LogP contribution in [0.3, 0.4) is 0 Å². The van der Waals surface area contributed by atoms with E-state index in [0.717, 1.165) is 32.3 Å². The van der Waals surface area contributed by atoms with Crippen LogP contribution in [-0.2, 0) is 14.3 Å². The van der Waals surface area contributed by atoms with Crippen LogP contribution in [0, 0.1) is 5.92 Å². The van der Waals surface area contributed by atoms with Gasteiger partial charge >= 0.3 is 5.97 Å². The van der Waals surface area contributed by atoms with Gasteiger partial charge in [0.05, 0.1) is 22.0 Å². The Morgan fingerprint density at radius 2 is 2.18 bits per heavy atom. The molecule has 0 aromatic heterocycles. The summed E-state index contributed by atoms with van der Waals surface area (Å²) in [5, 5.41) is 9.25. The molecular weight excluding hydrogens is 304 g/mol. The van der Waals surface area contributed by atoms with Crippen molar-refractivity contribution in [2.45, 2.75) is 43.5 Å². The molecule has 0 bridgehead atoms. The van der Waals surface area contributed by atoms with Crippen molar-refractivity contribution >= 4 is 23.6 Å². The van der Waals surface area contributed by atoms with Crippen molar-refractivity contribution in [1.29, 1.82) is 0 Å². The molecular formula is C15H22N2O4S. The molecule has 3 unspecified atom stereocenters. The third kappa shape index (κ3) is 2.96. The summed E-state index contributed by atoms with van der Waals surface area (Å²) >= 11 is 1.22. The van der Waals surface area contributed by atoms with E-state index in [2.05, 4.69) is 0 Å². The molecule has 6 nitrogen and oxygen atoms in total. The smallest absolute Gasteiger partial charge is 0.334 e. The maximum atomic E-state index is 12.8. The Bertz CT molecular complexity index is 502. The lowest BCUT2D eigenvalue weighted by molar-refractivity contribution is -0.134. The predicted octanol–water partition coefficient (Wildman–Crippen LogP) is 1.16. The van der Waals surface area contributed by atoms with Gasteiger partial charge in [0.1, 0.15) is 0 Å². The Morgan fingerprint density at radius 3 is 2.86 bits per heavy atom. The van der Waals surface area contributed by atoms with Crippen LogP contribution >= 0.6 is 11.8 Å². The molecule has 0 radical (unpaired) electrons. The largest absolute Gasteiger partial charge is 0.478 e. The summed E-state index contributed by atoms with van der Waals surface area (Å²) < 4.78 is 5.73. The molecule has 3 atom stereocenters. The van der Waals surface area contributed by atoms with E-state index in [1.54, 1.807) is 0 Å². The predicted molar refractivity (Wildman–Crippen MR) is 83.1 cm³/mol. The highest BCUT2D eigenvalue weighted by molar-refractivity contribution is 8.04. The number of nitrogens with two attached hydrogens (primary N) is 1. The molecule has 2 fully saturated rings. The molecule has 0 spiro atoms. The van der Waals surface area contributed by atoms with Crippen LogP contribution in [0.15, 0.2) is 10.6 Å². The fraction of sp³-hybridized carbons (Fsp3) is 0.733. The van der Waals surface area contributed by atoms with Crippen molar-refractivity contribution in [3.63, 3.8) is 0 Å². The molecule has 3 heterocycles. The van der Waals surface area contributed by atoms with Gasteiger partial charge in [-0.2, -0.15) is 0 Å². The van der Waals surface area contributed by atoms with Gasteiger partial charge in [0.15, 0.2) is 0 Å². The normalized spacial score (nSPS) is 32.8. The van der Waals surface area contributed by atoms with Gasteiger partial charge in [-0.05, 0) is 32.1 Å². The van der Waals surface area contributed by atoms with Crippen molar-refractivity contribution in [2.75, 3.05) is 19.7 Å². The summed E-state index contributed by atoms with van der Waals surface area (Å²) in [5.41, 5.74) is 6.08. The standard InChI is InChI=1S/C15H22N2O4S/c16-13-11(15(19)20)10-5-3-6-17(14(18)12(10)22-13)8-9-4-1-2-7-21-9/h9-10,12H,1-8,16H2,(H,19,20). The van der Waals surface area contributed by atoms with E-state index in [9.17, 15) is 14.7 Å². The maximum absolute atomic E-state index is 12.8. The Labute approximate surface area is 134 Å². The van der Waals surface area contributed by atoms with Gasteiger partial charge in [-0.25, -0.2) is 4.79 Å². The maximum Gasteiger partial charge on any atom is 0.334 e. The zero-order valence-electron chi connectivity index (χ0n) is 12.5. The number of rotatable bonds is 3. The molecule has 22 heavy (non-hydrogen) atoms. The van der Waals surface area contributed by atoms with Crippen LogP contribution in [0.1, 0.15) is 32.1 Å². The number of hydrogen-bond acceptors (Lipinski definition) is 5. The summed E-state index contributed by atoms with van der Waals surface area (Å²) in [6, 6.07) is 0. The molecule has 0 saturated carbocycles. The lowest BCUT2D eigenvalue weighted by Crippen LogP contribution is -2.43. The first-order chi connectivity index (χ1) is 10.6. The molecule has 3 aliphatic rings. The summed E-state index contributed by atoms with van der Waals surface area (Å²) in [6.45, 7) is 2.06. The monoisotopic (exact) mass is 326 g/mol. The van der Waals surface area contributed by atoms with E-state index in [1.807, 2.05) is 4.90 Å². The highest BCUT2D eigenvalue weighted by Crippen LogP contribution is 2.44. The van der Waals surface area contributed by atoms with Crippen molar-refractivity contribution in [3.8, 4) is 0 Å². The lowest BCUT2D eigenvalue weighted by Gasteiger charge is -2.30. The summed E-state index contributed by atoms with van der Waals surface area (Å²) in [7, 11) is 0. The van der Waals surface area contributed by atoms with Crippen LogP contribution in [0.2, 0.25) is 0 Å². The average molecular weight is 326 g/mol. The van der Waals surface area contributed by atoms with Crippen LogP contribution in [0.4, 0.5) is 0 Å². The minimum atomic E-state index is -0.991. The number of likely N-dealkylation sites (tertiary alicyclic amines) is 1. The lowest BCUT2D eigenvalue weighted by atomic mass is 9.92. The quantitative estimate of drug-likeness (QED) is 0.808. The Morgan fingerprint density at radius 1 is 1.36 bits per heavy atom. The Kier molecular flexibility index (Phi) is 4.63. The fourth-order valence-corrected chi connectivity index (χ4v) is 4.89. The summed E-state index contributed by atoms with van der Waals surface area (Å²) in [6.07, 6.45) is 4.85. The number of carbonyl (C=O) groups excluding carboxylic acids is 1. The third-order valence-corrected chi connectivity index (χ3v) is 5.94. The van der Waals surface area contributed by atoms with Crippen molar-refractivity contribution < 1.29 is 19.4 Å². The number of nitrogens with zero attached hydrogens (tertiary/aromatic N) is 1. The van der Waals surface area contributed by atoms with Crippen molar-refractivity contribution in [3.05, 3.63) is 10.6 Å². The molecule has 2 saturated heterocycles. The molecule has 0 aromatic carbocycles. The van der Waals surface area contributed by atoms with Gasteiger partial charge in [0, 0.05) is 25.6 Å². The molecule has 0 aromatic rings. The van der Waals surface area contributed by atoms with E-state index in [0.29, 0.717) is 24.5 Å². The number of thioether (sulfide) groups is 1. The van der Waals surface area contributed by atoms with Crippen LogP contribution in [-0.4, -0.2) is 52.9 Å². The van der Waals surface area contributed by atoms with Crippen molar-refractivity contribution in [1.82, 2.24) is 4.90 Å². The summed E-state index contributed by atoms with van der Waals surface area (Å²) in [5.74, 6) is -1.23. The van der Waals surface area contributed by atoms with E-state index in [1.165, 1.54) is 11.8 Å². The molecule has 0 aliphatic carbocycles. The number of hydrogen-bond donors (Lipinski definition) is 2. The number of carboxylic acids is 1. The molecule has 3 rings (SSSR count). The van der Waals surface area contributed by atoms with Gasteiger partial charge < -0.3 is 20.5 Å². The number of carbonyl (C=O) groups is 2. The number of amides is 1. The highest BCUT2D eigenvalue weighted by atomic mass is 32.2. The van der Waals surface area contributed by atoms with Crippen LogP contribution in [0.5, 0.6) is 0 Å². The zero-order chi connectivity index (χ0) is 15.7. The van der Waals surface area contributed by atoms with E-state index in [4.69, 9.17) is 10.5 Å². The third-order valence-electron chi connectivity index (χ3n) is 4.68. The number of fused-ring (bicyclic) bond motifs is 1. The molecule has 7 heteroatoms. The van der Waals surface area contributed by atoms with Gasteiger partial charge in [-0.15, -0.1) is 0 Å². The second kappa shape index (κ2) is 6.50. The molecule has 3 aliphatic heterocycles. The van der Waals surface area contributed by atoms with Crippen molar-refractivity contribution in [2.24, 2.45) is 11.7 Å². The van der Waals surface area contributed by atoms with Gasteiger partial charge in [-0.1, -0.05) is 11.8 Å². The Hall–Kier alpha value is -1.21. The minimum Gasteiger partial charge on any atom is -0.478 e. The first-order valence-corrected chi connectivity index (χ1v) is 8.76. The van der Waals surface area contributed by atoms with Crippen LogP contribution < -0.4 is 5.73 Å². The molecule has 1 amide bonds. The van der Waals surface area contributed by atoms with E-state index in [-0.39, 0.29) is 28.8 Å². The first-order valence-electron chi connectivity index (χ1n) is 7.88. The molecule has 122 valence electrons. The average Bonchev–Trinajstić information content (AvgIpc) is 2.76. The fourth-order valence-electron chi connectivity index (χ4n) is 3.57. The van der Waals surface area contributed by atoms with E-state index < -0.39 is 5.97 Å². The zero-order valence-corrected chi connectivity index (χ0v) is 13.3. The van der Waals surface area contributed by atoms with Gasteiger partial charge in [-0.3, -0.25) is 4.79 Å². The van der Waals surface area contributed by atoms with Crippen LogP contribution in [0.25, 0.3) is 0 Å². The SMILES string of the molecule is NC1=C(C(=O)O)C2CCCN(CC3CCCCO3)C(=O)C2S1. The second-order valence-electron chi connectivity index (χ2n) is 6.14. The number of carboxylic acid groups (broad SMARTS) is 1. The number of aliphatic carboxylic acids is 1. The minimum absolute atomic E-state index is 0.0147. The summed E-state index contributed by atoms with van der Waals surface area (Å²) in [4.78, 5) is 26.0.